The summed E-state index contributed by atoms with van der Waals surface area (Å²) in [6, 6.07) is 3.79. The molecule has 0 aliphatic carbocycles. The standard InChI is InChI=1S/C10H8ClFN2S/c11-8-5-6(12)1-2-7(8)9(13)10-14-3-4-15-10/h1-5,9H,13H2. The Hall–Kier alpha value is -0.970. The Morgan fingerprint density at radius 2 is 2.27 bits per heavy atom. The fourth-order valence-corrected chi connectivity index (χ4v) is 2.22. The molecule has 2 rings (SSSR count). The number of benzene rings is 1. The van der Waals surface area contributed by atoms with Gasteiger partial charge in [0.1, 0.15) is 10.8 Å². The van der Waals surface area contributed by atoms with Crippen LogP contribution >= 0.6 is 22.9 Å². The molecule has 0 radical (unpaired) electrons. The molecule has 1 heterocycles. The molecule has 78 valence electrons. The lowest BCUT2D eigenvalue weighted by Gasteiger charge is -2.10. The van der Waals surface area contributed by atoms with Crippen LogP contribution in [0.2, 0.25) is 5.02 Å². The number of aromatic nitrogens is 1. The van der Waals surface area contributed by atoms with Crippen molar-refractivity contribution in [2.24, 2.45) is 5.73 Å². The predicted octanol–water partition coefficient (Wildman–Crippen LogP) is 2.98. The molecular weight excluding hydrogens is 235 g/mol. The van der Waals surface area contributed by atoms with Crippen LogP contribution in [0.5, 0.6) is 0 Å². The summed E-state index contributed by atoms with van der Waals surface area (Å²) < 4.78 is 12.8. The number of halogens is 2. The Balaban J connectivity index is 2.38. The lowest BCUT2D eigenvalue weighted by Crippen LogP contribution is -2.12. The highest BCUT2D eigenvalue weighted by atomic mass is 35.5. The van der Waals surface area contributed by atoms with Gasteiger partial charge in [-0.25, -0.2) is 9.37 Å². The summed E-state index contributed by atoms with van der Waals surface area (Å²) in [5, 5.41) is 2.94. The van der Waals surface area contributed by atoms with E-state index in [0.29, 0.717) is 10.6 Å². The summed E-state index contributed by atoms with van der Waals surface area (Å²) in [5.74, 6) is -0.366. The number of hydrogen-bond acceptors (Lipinski definition) is 3. The molecule has 2 aromatic rings. The van der Waals surface area contributed by atoms with Gasteiger partial charge in [0.25, 0.3) is 0 Å². The molecule has 2 nitrogen and oxygen atoms in total. The van der Waals surface area contributed by atoms with Gasteiger partial charge in [0.05, 0.1) is 6.04 Å². The molecule has 5 heteroatoms. The summed E-state index contributed by atoms with van der Waals surface area (Å²) in [6.45, 7) is 0. The van der Waals surface area contributed by atoms with Crippen LogP contribution in [-0.2, 0) is 0 Å². The second-order valence-electron chi connectivity index (χ2n) is 3.01. The summed E-state index contributed by atoms with van der Waals surface area (Å²) >= 11 is 7.35. The Morgan fingerprint density at radius 1 is 1.47 bits per heavy atom. The molecule has 0 saturated heterocycles. The van der Waals surface area contributed by atoms with E-state index in [4.69, 9.17) is 17.3 Å². The van der Waals surface area contributed by atoms with Crippen LogP contribution in [0.3, 0.4) is 0 Å². The van der Waals surface area contributed by atoms with Crippen LogP contribution in [0.4, 0.5) is 4.39 Å². The normalized spacial score (nSPS) is 12.7. The van der Waals surface area contributed by atoms with Crippen LogP contribution in [0.15, 0.2) is 29.8 Å². The number of hydrogen-bond donors (Lipinski definition) is 1. The molecule has 0 bridgehead atoms. The number of thiazole rings is 1. The largest absolute Gasteiger partial charge is 0.318 e. The van der Waals surface area contributed by atoms with Gasteiger partial charge in [-0.2, -0.15) is 0 Å². The zero-order valence-corrected chi connectivity index (χ0v) is 9.23. The lowest BCUT2D eigenvalue weighted by molar-refractivity contribution is 0.626. The van der Waals surface area contributed by atoms with E-state index in [9.17, 15) is 4.39 Å². The van der Waals surface area contributed by atoms with Gasteiger partial charge in [-0.3, -0.25) is 0 Å². The average Bonchev–Trinajstić information content (AvgIpc) is 2.69. The van der Waals surface area contributed by atoms with Gasteiger partial charge in [-0.1, -0.05) is 17.7 Å². The third-order valence-corrected chi connectivity index (χ3v) is 3.20. The van der Waals surface area contributed by atoms with Crippen LogP contribution in [0.1, 0.15) is 16.6 Å². The highest BCUT2D eigenvalue weighted by molar-refractivity contribution is 7.09. The van der Waals surface area contributed by atoms with E-state index in [0.717, 1.165) is 5.01 Å². The van der Waals surface area contributed by atoms with Gasteiger partial charge in [0, 0.05) is 16.6 Å². The highest BCUT2D eigenvalue weighted by Gasteiger charge is 2.14. The molecule has 2 N–H and O–H groups in total. The average molecular weight is 243 g/mol. The first-order valence-corrected chi connectivity index (χ1v) is 5.54. The van der Waals surface area contributed by atoms with E-state index in [2.05, 4.69) is 4.98 Å². The second kappa shape index (κ2) is 4.26. The minimum Gasteiger partial charge on any atom is -0.318 e. The number of rotatable bonds is 2. The van der Waals surface area contributed by atoms with Gasteiger partial charge in [0.15, 0.2) is 0 Å². The van der Waals surface area contributed by atoms with Crippen LogP contribution < -0.4 is 5.73 Å². The van der Waals surface area contributed by atoms with Crippen molar-refractivity contribution >= 4 is 22.9 Å². The van der Waals surface area contributed by atoms with Crippen molar-refractivity contribution in [2.45, 2.75) is 6.04 Å². The number of nitrogens with two attached hydrogens (primary N) is 1. The zero-order valence-electron chi connectivity index (χ0n) is 7.65. The highest BCUT2D eigenvalue weighted by Crippen LogP contribution is 2.27. The molecule has 15 heavy (non-hydrogen) atoms. The van der Waals surface area contributed by atoms with Crippen molar-refractivity contribution in [3.63, 3.8) is 0 Å². The van der Waals surface area contributed by atoms with E-state index < -0.39 is 6.04 Å². The van der Waals surface area contributed by atoms with E-state index in [1.165, 1.54) is 23.5 Å². The Morgan fingerprint density at radius 3 is 2.87 bits per heavy atom. The van der Waals surface area contributed by atoms with Crippen molar-refractivity contribution < 1.29 is 4.39 Å². The van der Waals surface area contributed by atoms with E-state index in [-0.39, 0.29) is 5.82 Å². The fourth-order valence-electron chi connectivity index (χ4n) is 1.27. The first kappa shape index (κ1) is 10.5. The van der Waals surface area contributed by atoms with Crippen molar-refractivity contribution in [1.82, 2.24) is 4.98 Å². The molecule has 0 aliphatic rings. The maximum Gasteiger partial charge on any atom is 0.124 e. The molecular formula is C10H8ClFN2S. The topological polar surface area (TPSA) is 38.9 Å². The summed E-state index contributed by atoms with van der Waals surface area (Å²) in [4.78, 5) is 4.10. The zero-order chi connectivity index (χ0) is 10.8. The summed E-state index contributed by atoms with van der Waals surface area (Å²) in [7, 11) is 0. The number of nitrogens with zero attached hydrogens (tertiary/aromatic N) is 1. The lowest BCUT2D eigenvalue weighted by atomic mass is 10.1. The van der Waals surface area contributed by atoms with Crippen molar-refractivity contribution in [1.29, 1.82) is 0 Å². The Labute approximate surface area is 95.5 Å². The maximum atomic E-state index is 12.8. The molecule has 0 aliphatic heterocycles. The molecule has 1 unspecified atom stereocenters. The van der Waals surface area contributed by atoms with Crippen LogP contribution in [-0.4, -0.2) is 4.98 Å². The molecule has 1 aromatic heterocycles. The van der Waals surface area contributed by atoms with Gasteiger partial charge in [-0.05, 0) is 17.7 Å². The molecule has 1 atom stereocenters. The Kier molecular flexibility index (Phi) is 3.00. The third-order valence-electron chi connectivity index (χ3n) is 2.02. The van der Waals surface area contributed by atoms with Crippen LogP contribution in [0, 0.1) is 5.82 Å². The molecule has 0 saturated carbocycles. The molecule has 1 aromatic carbocycles. The molecule has 0 spiro atoms. The van der Waals surface area contributed by atoms with Gasteiger partial charge >= 0.3 is 0 Å². The SMILES string of the molecule is NC(c1nccs1)c1ccc(F)cc1Cl. The van der Waals surface area contributed by atoms with Crippen LogP contribution in [0.25, 0.3) is 0 Å². The summed E-state index contributed by atoms with van der Waals surface area (Å²) in [6.07, 6.45) is 1.68. The minimum atomic E-state index is -0.391. The van der Waals surface area contributed by atoms with Gasteiger partial charge in [-0.15, -0.1) is 11.3 Å². The Bertz CT molecular complexity index is 458. The smallest absolute Gasteiger partial charge is 0.124 e. The van der Waals surface area contributed by atoms with E-state index in [1.54, 1.807) is 12.3 Å². The summed E-state index contributed by atoms with van der Waals surface area (Å²) in [5.41, 5.74) is 6.64. The second-order valence-corrected chi connectivity index (χ2v) is 4.35. The van der Waals surface area contributed by atoms with Gasteiger partial charge < -0.3 is 5.73 Å². The van der Waals surface area contributed by atoms with Crippen molar-refractivity contribution in [2.75, 3.05) is 0 Å². The van der Waals surface area contributed by atoms with E-state index in [1.807, 2.05) is 5.38 Å². The maximum absolute atomic E-state index is 12.8. The third kappa shape index (κ3) is 2.17. The molecule has 0 amide bonds. The fraction of sp³-hybridized carbons (Fsp3) is 0.100. The predicted molar refractivity (Wildman–Crippen MR) is 59.6 cm³/mol. The van der Waals surface area contributed by atoms with E-state index >= 15 is 0 Å². The van der Waals surface area contributed by atoms with Crippen molar-refractivity contribution in [3.05, 3.63) is 51.2 Å². The quantitative estimate of drug-likeness (QED) is 0.879. The minimum absolute atomic E-state index is 0.331. The molecule has 0 fully saturated rings. The first-order valence-electron chi connectivity index (χ1n) is 4.28. The first-order chi connectivity index (χ1) is 7.18. The monoisotopic (exact) mass is 242 g/mol. The van der Waals surface area contributed by atoms with Gasteiger partial charge in [0.2, 0.25) is 0 Å². The van der Waals surface area contributed by atoms with Crippen molar-refractivity contribution in [3.8, 4) is 0 Å².